The Balaban J connectivity index is 1.86. The molecule has 1 atom stereocenters. The maximum Gasteiger partial charge on any atom is 0.250 e. The van der Waals surface area contributed by atoms with Crippen LogP contribution in [0.2, 0.25) is 5.02 Å². The van der Waals surface area contributed by atoms with Crippen molar-refractivity contribution in [2.24, 2.45) is 5.73 Å². The zero-order valence-electron chi connectivity index (χ0n) is 11.2. The number of anilines is 1. The average Bonchev–Trinajstić information content (AvgIpc) is 2.83. The van der Waals surface area contributed by atoms with Crippen LogP contribution in [0.5, 0.6) is 0 Å². The smallest absolute Gasteiger partial charge is 0.250 e. The summed E-state index contributed by atoms with van der Waals surface area (Å²) in [7, 11) is 0. The first-order valence-corrected chi connectivity index (χ1v) is 7.86. The average molecular weight is 366 g/mol. The van der Waals surface area contributed by atoms with Crippen LogP contribution in [0.3, 0.4) is 0 Å². The molecule has 0 bridgehead atoms. The number of hydrogen-bond donors (Lipinski definition) is 2. The van der Waals surface area contributed by atoms with Gasteiger partial charge in [-0.2, -0.15) is 0 Å². The quantitative estimate of drug-likeness (QED) is 0.852. The molecule has 0 spiro atoms. The molecule has 3 N–H and O–H groups in total. The Morgan fingerprint density at radius 3 is 2.86 bits per heavy atom. The third kappa shape index (κ3) is 2.92. The van der Waals surface area contributed by atoms with E-state index in [0.29, 0.717) is 10.6 Å². The van der Waals surface area contributed by atoms with E-state index in [-0.39, 0.29) is 6.04 Å². The maximum absolute atomic E-state index is 11.4. The van der Waals surface area contributed by atoms with Gasteiger partial charge in [-0.25, -0.2) is 0 Å². The minimum atomic E-state index is -0.514. The number of nitrogens with two attached hydrogens (primary N) is 1. The van der Waals surface area contributed by atoms with Crippen LogP contribution in [0.15, 0.2) is 40.9 Å². The van der Waals surface area contributed by atoms with Crippen molar-refractivity contribution >= 4 is 39.1 Å². The Kier molecular flexibility index (Phi) is 3.91. The van der Waals surface area contributed by atoms with Crippen LogP contribution < -0.4 is 11.1 Å². The van der Waals surface area contributed by atoms with Crippen LogP contribution in [0.1, 0.15) is 33.9 Å². The molecule has 1 aliphatic carbocycles. The third-order valence-corrected chi connectivity index (χ3v) is 4.58. The Labute approximate surface area is 136 Å². The van der Waals surface area contributed by atoms with E-state index in [4.69, 9.17) is 17.3 Å². The molecule has 3 rings (SSSR count). The highest BCUT2D eigenvalue weighted by molar-refractivity contribution is 9.10. The van der Waals surface area contributed by atoms with Gasteiger partial charge in [0.05, 0.1) is 16.6 Å². The lowest BCUT2D eigenvalue weighted by atomic mass is 10.1. The number of benzene rings is 2. The van der Waals surface area contributed by atoms with Crippen LogP contribution in [-0.4, -0.2) is 5.91 Å². The summed E-state index contributed by atoms with van der Waals surface area (Å²) in [5.41, 5.74) is 9.18. The van der Waals surface area contributed by atoms with Crippen molar-refractivity contribution in [3.05, 3.63) is 62.6 Å². The minimum Gasteiger partial charge on any atom is -0.378 e. The van der Waals surface area contributed by atoms with Crippen LogP contribution in [-0.2, 0) is 6.42 Å². The second kappa shape index (κ2) is 5.70. The van der Waals surface area contributed by atoms with Crippen LogP contribution in [0, 0.1) is 0 Å². The van der Waals surface area contributed by atoms with E-state index in [1.54, 1.807) is 12.1 Å². The van der Waals surface area contributed by atoms with Gasteiger partial charge in [0.1, 0.15) is 0 Å². The highest BCUT2D eigenvalue weighted by atomic mass is 79.9. The molecule has 0 saturated carbocycles. The highest BCUT2D eigenvalue weighted by Crippen LogP contribution is 2.35. The number of rotatable bonds is 3. The Morgan fingerprint density at radius 1 is 1.29 bits per heavy atom. The molecule has 3 nitrogen and oxygen atoms in total. The number of fused-ring (bicyclic) bond motifs is 1. The summed E-state index contributed by atoms with van der Waals surface area (Å²) in [6.07, 6.45) is 2.07. The van der Waals surface area contributed by atoms with Crippen molar-refractivity contribution in [3.63, 3.8) is 0 Å². The fourth-order valence-electron chi connectivity index (χ4n) is 2.74. The molecular weight excluding hydrogens is 352 g/mol. The summed E-state index contributed by atoms with van der Waals surface area (Å²) in [6.45, 7) is 0. The number of primary amides is 1. The van der Waals surface area contributed by atoms with Gasteiger partial charge < -0.3 is 11.1 Å². The van der Waals surface area contributed by atoms with Gasteiger partial charge in [-0.3, -0.25) is 4.79 Å². The number of aryl methyl sites for hydroxylation is 1. The molecule has 2 aromatic rings. The van der Waals surface area contributed by atoms with E-state index in [9.17, 15) is 4.79 Å². The fourth-order valence-corrected chi connectivity index (χ4v) is 3.36. The summed E-state index contributed by atoms with van der Waals surface area (Å²) < 4.78 is 1.10. The van der Waals surface area contributed by atoms with Crippen LogP contribution >= 0.6 is 27.5 Å². The molecule has 0 fully saturated rings. The van der Waals surface area contributed by atoms with Crippen LogP contribution in [0.4, 0.5) is 5.69 Å². The van der Waals surface area contributed by atoms with Crippen molar-refractivity contribution in [3.8, 4) is 0 Å². The predicted molar refractivity (Wildman–Crippen MR) is 88.8 cm³/mol. The first-order chi connectivity index (χ1) is 10.0. The van der Waals surface area contributed by atoms with Gasteiger partial charge in [-0.1, -0.05) is 33.6 Å². The number of nitrogens with one attached hydrogen (secondary N) is 1. The lowest BCUT2D eigenvalue weighted by Gasteiger charge is -2.16. The van der Waals surface area contributed by atoms with E-state index in [1.165, 1.54) is 11.1 Å². The Morgan fingerprint density at radius 2 is 2.10 bits per heavy atom. The van der Waals surface area contributed by atoms with Gasteiger partial charge >= 0.3 is 0 Å². The van der Waals surface area contributed by atoms with Crippen molar-refractivity contribution in [2.75, 3.05) is 5.32 Å². The second-order valence-corrected chi connectivity index (χ2v) is 6.46. The monoisotopic (exact) mass is 364 g/mol. The van der Waals surface area contributed by atoms with E-state index in [2.05, 4.69) is 39.4 Å². The third-order valence-electron chi connectivity index (χ3n) is 3.76. The summed E-state index contributed by atoms with van der Waals surface area (Å²) in [5, 5.41) is 3.84. The predicted octanol–water partition coefficient (Wildman–Crippen LogP) is 4.30. The topological polar surface area (TPSA) is 55.1 Å². The fraction of sp³-hybridized carbons (Fsp3) is 0.188. The molecular formula is C16H14BrClN2O. The number of amides is 1. The number of carbonyl (C=O) groups excluding carboxylic acids is 1. The standard InChI is InChI=1S/C16H14BrClN2O/c17-10-2-4-12-9(7-10)1-6-15(12)20-11-3-5-14(18)13(8-11)16(19)21/h2-5,7-8,15,20H,1,6H2,(H2,19,21). The molecule has 5 heteroatoms. The molecule has 21 heavy (non-hydrogen) atoms. The van der Waals surface area contributed by atoms with Crippen LogP contribution in [0.25, 0.3) is 0 Å². The van der Waals surface area contributed by atoms with E-state index in [0.717, 1.165) is 23.0 Å². The summed E-state index contributed by atoms with van der Waals surface area (Å²) in [4.78, 5) is 11.4. The summed E-state index contributed by atoms with van der Waals surface area (Å²) in [5.74, 6) is -0.514. The number of carbonyl (C=O) groups is 1. The number of hydrogen-bond acceptors (Lipinski definition) is 2. The molecule has 1 aliphatic rings. The first kappa shape index (κ1) is 14.4. The van der Waals surface area contributed by atoms with Crippen molar-refractivity contribution in [1.29, 1.82) is 0 Å². The zero-order valence-corrected chi connectivity index (χ0v) is 13.5. The normalized spacial score (nSPS) is 16.6. The molecule has 0 saturated heterocycles. The molecule has 108 valence electrons. The van der Waals surface area contributed by atoms with Gasteiger partial charge in [0.25, 0.3) is 0 Å². The minimum absolute atomic E-state index is 0.245. The molecule has 0 heterocycles. The van der Waals surface area contributed by atoms with E-state index >= 15 is 0 Å². The van der Waals surface area contributed by atoms with E-state index in [1.807, 2.05) is 6.07 Å². The molecule has 1 amide bonds. The molecule has 0 aromatic heterocycles. The zero-order chi connectivity index (χ0) is 15.0. The van der Waals surface area contributed by atoms with Crippen molar-refractivity contribution in [1.82, 2.24) is 0 Å². The molecule has 2 aromatic carbocycles. The molecule has 0 radical (unpaired) electrons. The van der Waals surface area contributed by atoms with Gasteiger partial charge in [0, 0.05) is 10.2 Å². The number of halogens is 2. The second-order valence-electron chi connectivity index (χ2n) is 5.14. The lowest BCUT2D eigenvalue weighted by Crippen LogP contribution is -2.13. The van der Waals surface area contributed by atoms with Gasteiger partial charge in [0.15, 0.2) is 0 Å². The first-order valence-electron chi connectivity index (χ1n) is 6.69. The summed E-state index contributed by atoms with van der Waals surface area (Å²) in [6, 6.07) is 11.9. The Hall–Kier alpha value is -1.52. The molecule has 0 aliphatic heterocycles. The van der Waals surface area contributed by atoms with Crippen molar-refractivity contribution in [2.45, 2.75) is 18.9 Å². The summed E-state index contributed by atoms with van der Waals surface area (Å²) >= 11 is 9.47. The highest BCUT2D eigenvalue weighted by Gasteiger charge is 2.22. The largest absolute Gasteiger partial charge is 0.378 e. The Bertz CT molecular complexity index is 717. The van der Waals surface area contributed by atoms with Gasteiger partial charge in [0.2, 0.25) is 5.91 Å². The SMILES string of the molecule is NC(=O)c1cc(NC2CCc3cc(Br)ccc32)ccc1Cl. The van der Waals surface area contributed by atoms with Crippen molar-refractivity contribution < 1.29 is 4.79 Å². The maximum atomic E-state index is 11.4. The van der Waals surface area contributed by atoms with Gasteiger partial charge in [-0.05, 0) is 54.3 Å². The van der Waals surface area contributed by atoms with Gasteiger partial charge in [-0.15, -0.1) is 0 Å². The lowest BCUT2D eigenvalue weighted by molar-refractivity contribution is 0.100. The molecule has 1 unspecified atom stereocenters. The van der Waals surface area contributed by atoms with E-state index < -0.39 is 5.91 Å².